The molecule has 1 atom stereocenters. The first-order valence-corrected chi connectivity index (χ1v) is 11.0. The Balaban J connectivity index is 1.78. The molecule has 1 N–H and O–H groups in total. The average Bonchev–Trinajstić information content (AvgIpc) is 3.17. The molecule has 154 valence electrons. The molecule has 29 heavy (non-hydrogen) atoms. The van der Waals surface area contributed by atoms with E-state index in [1.807, 2.05) is 64.1 Å². The molecule has 3 rings (SSSR count). The Morgan fingerprint density at radius 1 is 1.03 bits per heavy atom. The summed E-state index contributed by atoms with van der Waals surface area (Å²) in [5.41, 5.74) is 2.95. The molecule has 0 fully saturated rings. The number of anilines is 1. The second kappa shape index (κ2) is 8.71. The van der Waals surface area contributed by atoms with Gasteiger partial charge >= 0.3 is 0 Å². The first kappa shape index (κ1) is 20.9. The summed E-state index contributed by atoms with van der Waals surface area (Å²) in [4.78, 5) is 0.293. The van der Waals surface area contributed by atoms with Crippen LogP contribution in [0.2, 0.25) is 0 Å². The molecule has 0 saturated carbocycles. The van der Waals surface area contributed by atoms with Crippen molar-refractivity contribution in [2.24, 2.45) is 0 Å². The summed E-state index contributed by atoms with van der Waals surface area (Å²) >= 11 is 0. The molecule has 1 heterocycles. The van der Waals surface area contributed by atoms with Crippen LogP contribution in [0.3, 0.4) is 0 Å². The van der Waals surface area contributed by atoms with E-state index in [-0.39, 0.29) is 6.04 Å². The van der Waals surface area contributed by atoms with Crippen LogP contribution >= 0.6 is 0 Å². The van der Waals surface area contributed by atoms with Crippen LogP contribution in [0.4, 0.5) is 5.95 Å². The highest BCUT2D eigenvalue weighted by molar-refractivity contribution is 7.89. The topological polar surface area (TPSA) is 93.0 Å². The van der Waals surface area contributed by atoms with Gasteiger partial charge in [0.15, 0.2) is 0 Å². The van der Waals surface area contributed by atoms with Crippen LogP contribution in [0.1, 0.15) is 37.9 Å². The van der Waals surface area contributed by atoms with Gasteiger partial charge < -0.3 is 5.32 Å². The van der Waals surface area contributed by atoms with Gasteiger partial charge in [-0.25, -0.2) is 8.42 Å². The maximum Gasteiger partial charge on any atom is 0.248 e. The third-order valence-corrected chi connectivity index (χ3v) is 6.88. The lowest BCUT2D eigenvalue weighted by atomic mass is 10.1. The number of nitrogens with zero attached hydrogens (tertiary/aromatic N) is 5. The molecule has 0 aliphatic carbocycles. The van der Waals surface area contributed by atoms with Gasteiger partial charge in [0.05, 0.1) is 16.6 Å². The first-order chi connectivity index (χ1) is 13.9. The molecule has 2 aromatic carbocycles. The van der Waals surface area contributed by atoms with Gasteiger partial charge in [-0.1, -0.05) is 48.8 Å². The highest BCUT2D eigenvalue weighted by Gasteiger charge is 2.21. The Morgan fingerprint density at radius 2 is 1.66 bits per heavy atom. The van der Waals surface area contributed by atoms with Crippen LogP contribution in [0, 0.1) is 6.92 Å². The van der Waals surface area contributed by atoms with Crippen molar-refractivity contribution in [2.75, 3.05) is 18.4 Å². The fourth-order valence-corrected chi connectivity index (χ4v) is 4.51. The van der Waals surface area contributed by atoms with Gasteiger partial charge in [-0.05, 0) is 54.1 Å². The zero-order chi connectivity index (χ0) is 21.0. The third kappa shape index (κ3) is 4.46. The van der Waals surface area contributed by atoms with Gasteiger partial charge in [-0.3, -0.25) is 0 Å². The summed E-state index contributed by atoms with van der Waals surface area (Å²) < 4.78 is 28.4. The lowest BCUT2D eigenvalue weighted by Crippen LogP contribution is -2.30. The van der Waals surface area contributed by atoms with E-state index in [9.17, 15) is 8.42 Å². The van der Waals surface area contributed by atoms with E-state index in [2.05, 4.69) is 20.8 Å². The molecule has 9 heteroatoms. The molecule has 8 nitrogen and oxygen atoms in total. The van der Waals surface area contributed by atoms with Crippen molar-refractivity contribution in [3.8, 4) is 5.69 Å². The number of rotatable bonds is 8. The molecule has 0 aliphatic rings. The van der Waals surface area contributed by atoms with E-state index in [0.717, 1.165) is 16.8 Å². The predicted octanol–water partition coefficient (Wildman–Crippen LogP) is 3.17. The molecule has 0 aliphatic heterocycles. The van der Waals surface area contributed by atoms with Crippen molar-refractivity contribution in [1.82, 2.24) is 24.5 Å². The van der Waals surface area contributed by atoms with Crippen molar-refractivity contribution in [2.45, 2.75) is 38.6 Å². The van der Waals surface area contributed by atoms with E-state index in [4.69, 9.17) is 0 Å². The Hall–Kier alpha value is -2.78. The molecule has 0 saturated heterocycles. The predicted molar refractivity (Wildman–Crippen MR) is 112 cm³/mol. The summed E-state index contributed by atoms with van der Waals surface area (Å²) in [6.07, 6.45) is 0. The quantitative estimate of drug-likeness (QED) is 0.609. The number of hydrogen-bond donors (Lipinski definition) is 1. The molecular formula is C20H26N6O2S. The van der Waals surface area contributed by atoms with Crippen LogP contribution in [0.5, 0.6) is 0 Å². The van der Waals surface area contributed by atoms with Crippen molar-refractivity contribution >= 4 is 16.0 Å². The lowest BCUT2D eigenvalue weighted by molar-refractivity contribution is 0.445. The van der Waals surface area contributed by atoms with Gasteiger partial charge in [-0.2, -0.15) is 8.99 Å². The summed E-state index contributed by atoms with van der Waals surface area (Å²) in [6.45, 7) is 8.55. The molecule has 0 bridgehead atoms. The highest BCUT2D eigenvalue weighted by Crippen LogP contribution is 2.22. The maximum atomic E-state index is 12.6. The van der Waals surface area contributed by atoms with Crippen molar-refractivity contribution in [1.29, 1.82) is 0 Å². The Kier molecular flexibility index (Phi) is 6.29. The minimum atomic E-state index is -3.46. The molecule has 1 aromatic heterocycles. The summed E-state index contributed by atoms with van der Waals surface area (Å²) in [7, 11) is -3.46. The standard InChI is InChI=1S/C20H26N6O2S/c1-5-25(6-2)29(27,28)19-13-9-17(10-14-19)16(4)21-20-22-23-24-26(20)18-11-7-15(3)8-12-18/h7-14,16H,5-6H2,1-4H3,(H,21,22,24). The third-order valence-electron chi connectivity index (χ3n) is 4.82. The Morgan fingerprint density at radius 3 is 2.24 bits per heavy atom. The van der Waals surface area contributed by atoms with E-state index >= 15 is 0 Å². The average molecular weight is 415 g/mol. The maximum absolute atomic E-state index is 12.6. The van der Waals surface area contributed by atoms with Crippen molar-refractivity contribution < 1.29 is 8.42 Å². The molecule has 0 spiro atoms. The number of hydrogen-bond acceptors (Lipinski definition) is 6. The zero-order valence-electron chi connectivity index (χ0n) is 17.1. The smallest absolute Gasteiger partial charge is 0.248 e. The van der Waals surface area contributed by atoms with Crippen molar-refractivity contribution in [3.05, 3.63) is 59.7 Å². The van der Waals surface area contributed by atoms with E-state index in [1.54, 1.807) is 16.8 Å². The van der Waals surface area contributed by atoms with E-state index in [0.29, 0.717) is 23.9 Å². The Labute approximate surface area is 171 Å². The minimum absolute atomic E-state index is 0.115. The summed E-state index contributed by atoms with van der Waals surface area (Å²) in [6, 6.07) is 14.7. The van der Waals surface area contributed by atoms with Gasteiger partial charge in [0.2, 0.25) is 16.0 Å². The van der Waals surface area contributed by atoms with Gasteiger partial charge in [0.1, 0.15) is 0 Å². The molecule has 0 radical (unpaired) electrons. The molecule has 1 unspecified atom stereocenters. The molecule has 0 amide bonds. The number of nitrogens with one attached hydrogen (secondary N) is 1. The number of aromatic nitrogens is 4. The van der Waals surface area contributed by atoms with Gasteiger partial charge in [0, 0.05) is 13.1 Å². The normalized spacial score (nSPS) is 12.9. The largest absolute Gasteiger partial charge is 0.346 e. The lowest BCUT2D eigenvalue weighted by Gasteiger charge is -2.19. The fourth-order valence-electron chi connectivity index (χ4n) is 3.06. The van der Waals surface area contributed by atoms with Crippen LogP contribution in [0.15, 0.2) is 53.4 Å². The van der Waals surface area contributed by atoms with Crippen LogP contribution in [0.25, 0.3) is 5.69 Å². The van der Waals surface area contributed by atoms with Gasteiger partial charge in [-0.15, -0.1) is 0 Å². The monoisotopic (exact) mass is 414 g/mol. The molecule has 3 aromatic rings. The minimum Gasteiger partial charge on any atom is -0.346 e. The summed E-state index contributed by atoms with van der Waals surface area (Å²) in [5.74, 6) is 0.515. The number of sulfonamides is 1. The SMILES string of the molecule is CCN(CC)S(=O)(=O)c1ccc(C(C)Nc2nnnn2-c2ccc(C)cc2)cc1. The van der Waals surface area contributed by atoms with Crippen LogP contribution < -0.4 is 5.32 Å². The van der Waals surface area contributed by atoms with Crippen molar-refractivity contribution in [3.63, 3.8) is 0 Å². The fraction of sp³-hybridized carbons (Fsp3) is 0.350. The van der Waals surface area contributed by atoms with E-state index in [1.165, 1.54) is 4.31 Å². The summed E-state index contributed by atoms with van der Waals surface area (Å²) in [5, 5.41) is 15.2. The Bertz CT molecular complexity index is 1040. The number of tetrazole rings is 1. The number of aryl methyl sites for hydroxylation is 1. The molecular weight excluding hydrogens is 388 g/mol. The first-order valence-electron chi connectivity index (χ1n) is 9.58. The second-order valence-corrected chi connectivity index (χ2v) is 8.71. The van der Waals surface area contributed by atoms with E-state index < -0.39 is 10.0 Å². The second-order valence-electron chi connectivity index (χ2n) is 6.77. The number of benzene rings is 2. The zero-order valence-corrected chi connectivity index (χ0v) is 17.9. The van der Waals surface area contributed by atoms with Crippen LogP contribution in [-0.4, -0.2) is 46.0 Å². The highest BCUT2D eigenvalue weighted by atomic mass is 32.2. The van der Waals surface area contributed by atoms with Crippen LogP contribution in [-0.2, 0) is 10.0 Å². The van der Waals surface area contributed by atoms with Gasteiger partial charge in [0.25, 0.3) is 0 Å².